The van der Waals surface area contributed by atoms with Crippen LogP contribution in [0.25, 0.3) is 0 Å². The fourth-order valence-electron chi connectivity index (χ4n) is 5.27. The number of hydrogen-bond donors (Lipinski definition) is 1. The molecule has 212 valence electrons. The van der Waals surface area contributed by atoms with Crippen molar-refractivity contribution < 1.29 is 23.1 Å². The lowest BCUT2D eigenvalue weighted by Crippen LogP contribution is -2.45. The monoisotopic (exact) mass is 580 g/mol. The highest BCUT2D eigenvalue weighted by molar-refractivity contribution is 6.30. The summed E-state index contributed by atoms with van der Waals surface area (Å²) >= 11 is 5.94. The molecule has 0 unspecified atom stereocenters. The predicted molar refractivity (Wildman–Crippen MR) is 149 cm³/mol. The number of amides is 2. The molecular formula is C29H27ClF2N6O3. The second-order valence-corrected chi connectivity index (χ2v) is 10.4. The van der Waals surface area contributed by atoms with Gasteiger partial charge in [-0.15, -0.1) is 0 Å². The van der Waals surface area contributed by atoms with E-state index in [-0.39, 0.29) is 34.8 Å². The normalized spacial score (nSPS) is 19.3. The highest BCUT2D eigenvalue weighted by Crippen LogP contribution is 2.38. The van der Waals surface area contributed by atoms with Crippen LogP contribution in [0.5, 0.6) is 5.75 Å². The Morgan fingerprint density at radius 3 is 2.39 bits per heavy atom. The molecule has 2 atom stereocenters. The molecule has 2 fully saturated rings. The van der Waals surface area contributed by atoms with Gasteiger partial charge in [0, 0.05) is 73.1 Å². The van der Waals surface area contributed by atoms with Crippen LogP contribution < -0.4 is 19.9 Å². The molecule has 2 aromatic carbocycles. The van der Waals surface area contributed by atoms with E-state index < -0.39 is 35.4 Å². The number of nitriles is 1. The van der Waals surface area contributed by atoms with Gasteiger partial charge >= 0.3 is 0 Å². The van der Waals surface area contributed by atoms with E-state index in [0.717, 1.165) is 25.2 Å². The first-order chi connectivity index (χ1) is 19.7. The summed E-state index contributed by atoms with van der Waals surface area (Å²) < 4.78 is 35.6. The van der Waals surface area contributed by atoms with Crippen LogP contribution in [0.15, 0.2) is 48.7 Å². The fourth-order valence-corrected chi connectivity index (χ4v) is 5.39. The number of anilines is 2. The van der Waals surface area contributed by atoms with E-state index in [9.17, 15) is 14.9 Å². The SMILES string of the molecule is COc1cc(F)c([C@@H]2CN(c3nccc(N4CCN(C)CC4)c3C#N)C(=O)[C@H]2NC(=O)c2ccc(Cl)cc2)c(F)c1. The molecule has 2 aliphatic heterocycles. The van der Waals surface area contributed by atoms with Crippen molar-refractivity contribution in [1.82, 2.24) is 15.2 Å². The van der Waals surface area contributed by atoms with Crippen molar-refractivity contribution in [2.75, 3.05) is 56.7 Å². The highest BCUT2D eigenvalue weighted by Gasteiger charge is 2.46. The quantitative estimate of drug-likeness (QED) is 0.476. The summed E-state index contributed by atoms with van der Waals surface area (Å²) in [6, 6.07) is 10.6. The van der Waals surface area contributed by atoms with Crippen molar-refractivity contribution in [2.45, 2.75) is 12.0 Å². The number of piperazine rings is 1. The van der Waals surface area contributed by atoms with Crippen molar-refractivity contribution in [3.63, 3.8) is 0 Å². The molecule has 0 aliphatic carbocycles. The first-order valence-electron chi connectivity index (χ1n) is 12.9. The van der Waals surface area contributed by atoms with Crippen molar-refractivity contribution in [1.29, 1.82) is 5.26 Å². The summed E-state index contributed by atoms with van der Waals surface area (Å²) in [4.78, 5) is 36.8. The highest BCUT2D eigenvalue weighted by atomic mass is 35.5. The third-order valence-corrected chi connectivity index (χ3v) is 7.74. The summed E-state index contributed by atoms with van der Waals surface area (Å²) in [6.07, 6.45) is 1.50. The molecule has 0 spiro atoms. The summed E-state index contributed by atoms with van der Waals surface area (Å²) in [5, 5.41) is 13.2. The van der Waals surface area contributed by atoms with Crippen LogP contribution in [0.3, 0.4) is 0 Å². The van der Waals surface area contributed by atoms with Crippen LogP contribution in [-0.4, -0.2) is 74.6 Å². The number of hydrogen-bond acceptors (Lipinski definition) is 7. The first-order valence-corrected chi connectivity index (χ1v) is 13.3. The van der Waals surface area contributed by atoms with Gasteiger partial charge in [0.25, 0.3) is 11.8 Å². The van der Waals surface area contributed by atoms with E-state index >= 15 is 8.78 Å². The van der Waals surface area contributed by atoms with Crippen LogP contribution in [0.1, 0.15) is 27.4 Å². The predicted octanol–water partition coefficient (Wildman–Crippen LogP) is 3.57. The Morgan fingerprint density at radius 1 is 1.12 bits per heavy atom. The molecule has 5 rings (SSSR count). The Hall–Kier alpha value is -4.27. The zero-order chi connectivity index (χ0) is 29.3. The number of likely N-dealkylation sites (N-methyl/N-ethyl adjacent to an activating group) is 1. The van der Waals surface area contributed by atoms with Gasteiger partial charge in [-0.05, 0) is 37.4 Å². The van der Waals surface area contributed by atoms with Crippen molar-refractivity contribution in [3.8, 4) is 11.8 Å². The van der Waals surface area contributed by atoms with Gasteiger partial charge in [-0.1, -0.05) is 11.6 Å². The topological polar surface area (TPSA) is 102 Å². The molecule has 12 heteroatoms. The number of rotatable bonds is 6. The number of carbonyl (C=O) groups is 2. The molecule has 2 saturated heterocycles. The molecule has 2 aliphatic rings. The molecular weight excluding hydrogens is 554 g/mol. The Balaban J connectivity index is 1.55. The van der Waals surface area contributed by atoms with Crippen LogP contribution in [-0.2, 0) is 4.79 Å². The van der Waals surface area contributed by atoms with E-state index in [2.05, 4.69) is 21.3 Å². The molecule has 3 aromatic rings. The van der Waals surface area contributed by atoms with E-state index in [4.69, 9.17) is 16.3 Å². The lowest BCUT2D eigenvalue weighted by Gasteiger charge is -2.35. The number of carbonyl (C=O) groups excluding carboxylic acids is 2. The summed E-state index contributed by atoms with van der Waals surface area (Å²) in [5.41, 5.74) is 0.620. The Bertz CT molecular complexity index is 1500. The number of nitrogens with zero attached hydrogens (tertiary/aromatic N) is 5. The standard InChI is InChI=1S/C29H27ClF2N6O3/c1-36-9-11-37(12-10-36)24-7-8-34-27(20(24)15-33)38-16-21(25-22(31)13-19(41-2)14-23(25)32)26(29(38)40)35-28(39)17-3-5-18(30)6-4-17/h3-8,13-14,21,26H,9-12,16H2,1-2H3,(H,35,39)/t21-,26-/m0/s1. The third kappa shape index (κ3) is 5.53. The van der Waals surface area contributed by atoms with Crippen molar-refractivity contribution in [2.24, 2.45) is 0 Å². The minimum Gasteiger partial charge on any atom is -0.497 e. The maximum absolute atomic E-state index is 15.3. The van der Waals surface area contributed by atoms with Crippen LogP contribution in [0, 0.1) is 23.0 Å². The third-order valence-electron chi connectivity index (χ3n) is 7.49. The van der Waals surface area contributed by atoms with Crippen LogP contribution in [0.2, 0.25) is 5.02 Å². The minimum absolute atomic E-state index is 0.0278. The maximum Gasteiger partial charge on any atom is 0.251 e. The molecule has 3 heterocycles. The number of halogens is 3. The Morgan fingerprint density at radius 2 is 1.78 bits per heavy atom. The van der Waals surface area contributed by atoms with Gasteiger partial charge in [0.05, 0.1) is 12.8 Å². The van der Waals surface area contributed by atoms with Gasteiger partial charge in [-0.25, -0.2) is 13.8 Å². The van der Waals surface area contributed by atoms with Crippen molar-refractivity contribution in [3.05, 3.63) is 82.0 Å². The number of ether oxygens (including phenoxy) is 1. The van der Waals surface area contributed by atoms with Gasteiger partial charge < -0.3 is 19.9 Å². The lowest BCUT2D eigenvalue weighted by molar-refractivity contribution is -0.118. The van der Waals surface area contributed by atoms with Gasteiger partial charge in [0.15, 0.2) is 5.82 Å². The molecule has 2 amide bonds. The van der Waals surface area contributed by atoms with Crippen molar-refractivity contribution >= 4 is 34.9 Å². The van der Waals surface area contributed by atoms with Crippen LogP contribution in [0.4, 0.5) is 20.3 Å². The average molecular weight is 581 g/mol. The van der Waals surface area contributed by atoms with E-state index in [1.807, 2.05) is 11.9 Å². The molecule has 0 radical (unpaired) electrons. The van der Waals surface area contributed by atoms with Crippen LogP contribution >= 0.6 is 11.6 Å². The number of pyridine rings is 1. The molecule has 0 bridgehead atoms. The molecule has 0 saturated carbocycles. The second-order valence-electron chi connectivity index (χ2n) is 9.95. The first kappa shape index (κ1) is 28.3. The Kier molecular flexibility index (Phi) is 8.06. The maximum atomic E-state index is 15.3. The fraction of sp³-hybridized carbons (Fsp3) is 0.310. The van der Waals surface area contributed by atoms with E-state index in [0.29, 0.717) is 23.8 Å². The zero-order valence-electron chi connectivity index (χ0n) is 22.4. The molecule has 9 nitrogen and oxygen atoms in total. The van der Waals surface area contributed by atoms with Gasteiger partial charge in [0.1, 0.15) is 35.1 Å². The number of benzene rings is 2. The molecule has 1 aromatic heterocycles. The minimum atomic E-state index is -1.35. The summed E-state index contributed by atoms with van der Waals surface area (Å²) in [7, 11) is 3.30. The number of methoxy groups -OCH3 is 1. The molecule has 41 heavy (non-hydrogen) atoms. The van der Waals surface area contributed by atoms with Gasteiger partial charge in [0.2, 0.25) is 0 Å². The average Bonchev–Trinajstić information content (AvgIpc) is 3.27. The Labute approximate surface area is 240 Å². The van der Waals surface area contributed by atoms with E-state index in [1.165, 1.54) is 42.5 Å². The lowest BCUT2D eigenvalue weighted by atomic mass is 9.92. The summed E-state index contributed by atoms with van der Waals surface area (Å²) in [6.45, 7) is 2.71. The molecule has 1 N–H and O–H groups in total. The number of aromatic nitrogens is 1. The van der Waals surface area contributed by atoms with E-state index in [1.54, 1.807) is 6.07 Å². The number of nitrogens with one attached hydrogen (secondary N) is 1. The summed E-state index contributed by atoms with van der Waals surface area (Å²) in [5.74, 6) is -4.21. The van der Waals surface area contributed by atoms with Gasteiger partial charge in [-0.3, -0.25) is 14.5 Å². The largest absolute Gasteiger partial charge is 0.497 e. The second kappa shape index (κ2) is 11.7. The smallest absolute Gasteiger partial charge is 0.251 e. The van der Waals surface area contributed by atoms with Gasteiger partial charge in [-0.2, -0.15) is 5.26 Å². The zero-order valence-corrected chi connectivity index (χ0v) is 23.2.